The fourth-order valence-electron chi connectivity index (χ4n) is 2.32. The first-order chi connectivity index (χ1) is 11.2. The first-order valence-electron chi connectivity index (χ1n) is 6.59. The Kier molecular flexibility index (Phi) is 4.07. The Bertz CT molecular complexity index is 886. The van der Waals surface area contributed by atoms with Crippen LogP contribution < -0.4 is 17.2 Å². The summed E-state index contributed by atoms with van der Waals surface area (Å²) in [5.41, 5.74) is 4.92. The number of carbonyl (C=O) groups is 1. The molecule has 0 amide bonds. The second-order valence-corrected chi connectivity index (χ2v) is 4.99. The highest BCUT2D eigenvalue weighted by Gasteiger charge is 2.19. The molecule has 0 saturated heterocycles. The molecule has 0 aliphatic heterocycles. The summed E-state index contributed by atoms with van der Waals surface area (Å²) in [6.07, 6.45) is 0. The van der Waals surface area contributed by atoms with Crippen molar-refractivity contribution in [1.29, 1.82) is 0 Å². The molecule has 0 fully saturated rings. The van der Waals surface area contributed by atoms with Crippen molar-refractivity contribution in [2.24, 2.45) is 11.7 Å². The third-order valence-corrected chi connectivity index (χ3v) is 3.58. The van der Waals surface area contributed by atoms with Gasteiger partial charge in [-0.25, -0.2) is 20.6 Å². The molecule has 0 spiro atoms. The van der Waals surface area contributed by atoms with E-state index in [1.54, 1.807) is 12.1 Å². The van der Waals surface area contributed by atoms with Crippen molar-refractivity contribution in [3.8, 4) is 11.1 Å². The minimum Gasteiger partial charge on any atom is -0.370 e. The number of nitrogens with one attached hydrogen (secondary N) is 1. The van der Waals surface area contributed by atoms with Gasteiger partial charge in [-0.1, -0.05) is 41.9 Å². The smallest absolute Gasteiger partial charge is 0.357 e. The Morgan fingerprint density at radius 3 is 2.52 bits per heavy atom. The van der Waals surface area contributed by atoms with E-state index in [1.807, 2.05) is 30.3 Å². The van der Waals surface area contributed by atoms with Crippen LogP contribution in [0.3, 0.4) is 0 Å². The van der Waals surface area contributed by atoms with Gasteiger partial charge in [-0.15, -0.1) is 0 Å². The van der Waals surface area contributed by atoms with Gasteiger partial charge < -0.3 is 10.3 Å². The van der Waals surface area contributed by atoms with Crippen LogP contribution in [0.5, 0.6) is 0 Å². The highest BCUT2D eigenvalue weighted by molar-refractivity contribution is 6.32. The van der Waals surface area contributed by atoms with Crippen molar-refractivity contribution in [2.45, 2.75) is 0 Å². The monoisotopic (exact) mass is 329 g/mol. The van der Waals surface area contributed by atoms with Crippen LogP contribution in [0.1, 0.15) is 10.4 Å². The van der Waals surface area contributed by atoms with Gasteiger partial charge in [0.15, 0.2) is 11.0 Å². The van der Waals surface area contributed by atoms with Crippen molar-refractivity contribution < 1.29 is 9.63 Å². The maximum atomic E-state index is 12.0. The lowest BCUT2D eigenvalue weighted by Crippen LogP contribution is -2.13. The molecule has 0 bridgehead atoms. The van der Waals surface area contributed by atoms with E-state index in [-0.39, 0.29) is 16.5 Å². The zero-order valence-electron chi connectivity index (χ0n) is 11.8. The molecule has 5 N–H and O–H groups in total. The number of halogens is 1. The summed E-state index contributed by atoms with van der Waals surface area (Å²) < 4.78 is 0. The number of rotatable bonds is 3. The molecule has 2 aromatic carbocycles. The summed E-state index contributed by atoms with van der Waals surface area (Å²) >= 11 is 6.07. The summed E-state index contributed by atoms with van der Waals surface area (Å²) in [5.74, 6) is 9.96. The lowest BCUT2D eigenvalue weighted by Gasteiger charge is -2.12. The number of nitrogens with two attached hydrogens (primary N) is 2. The average Bonchev–Trinajstić information content (AvgIpc) is 2.60. The van der Waals surface area contributed by atoms with E-state index < -0.39 is 5.97 Å². The molecule has 0 aliphatic carbocycles. The Balaban J connectivity index is 2.39. The summed E-state index contributed by atoms with van der Waals surface area (Å²) in [5, 5.41) is 0.0930. The van der Waals surface area contributed by atoms with Crippen molar-refractivity contribution >= 4 is 34.4 Å². The van der Waals surface area contributed by atoms with Crippen LogP contribution in [0, 0.1) is 0 Å². The normalized spacial score (nSPS) is 10.6. The number of nitrogen functional groups attached to an aromatic ring is 1. The van der Waals surface area contributed by atoms with Gasteiger partial charge >= 0.3 is 5.97 Å². The Morgan fingerprint density at radius 1 is 1.13 bits per heavy atom. The SMILES string of the molecule is NNc1nc2ccc(C(=O)ON)c(-c3ccccc3)c2nc1Cl. The average molecular weight is 330 g/mol. The molecule has 8 heteroatoms. The highest BCUT2D eigenvalue weighted by atomic mass is 35.5. The van der Waals surface area contributed by atoms with E-state index in [9.17, 15) is 4.79 Å². The van der Waals surface area contributed by atoms with Gasteiger partial charge in [-0.05, 0) is 17.7 Å². The molecule has 116 valence electrons. The van der Waals surface area contributed by atoms with Crippen molar-refractivity contribution in [3.63, 3.8) is 0 Å². The van der Waals surface area contributed by atoms with E-state index in [2.05, 4.69) is 20.2 Å². The number of hydrogen-bond donors (Lipinski definition) is 3. The third kappa shape index (κ3) is 2.68. The van der Waals surface area contributed by atoms with Gasteiger partial charge in [0.1, 0.15) is 0 Å². The molecule has 1 heterocycles. The van der Waals surface area contributed by atoms with Crippen LogP contribution in [-0.4, -0.2) is 15.9 Å². The zero-order chi connectivity index (χ0) is 16.4. The van der Waals surface area contributed by atoms with Gasteiger partial charge in [0.25, 0.3) is 0 Å². The van der Waals surface area contributed by atoms with Crippen molar-refractivity contribution in [3.05, 3.63) is 53.2 Å². The van der Waals surface area contributed by atoms with Crippen LogP contribution in [0.25, 0.3) is 22.2 Å². The number of hydrogen-bond acceptors (Lipinski definition) is 7. The predicted octanol–water partition coefficient (Wildman–Crippen LogP) is 2.27. The fourth-order valence-corrected chi connectivity index (χ4v) is 2.51. The quantitative estimate of drug-likeness (QED) is 0.498. The van der Waals surface area contributed by atoms with Gasteiger partial charge in [0.2, 0.25) is 0 Å². The van der Waals surface area contributed by atoms with E-state index in [1.165, 1.54) is 0 Å². The Hall–Kier alpha value is -2.74. The van der Waals surface area contributed by atoms with Crippen molar-refractivity contribution in [1.82, 2.24) is 9.97 Å². The minimum absolute atomic E-state index is 0.0930. The molecule has 7 nitrogen and oxygen atoms in total. The van der Waals surface area contributed by atoms with Gasteiger partial charge in [-0.3, -0.25) is 0 Å². The lowest BCUT2D eigenvalue weighted by molar-refractivity contribution is 0.0504. The van der Waals surface area contributed by atoms with Crippen LogP contribution in [0.2, 0.25) is 5.15 Å². The Labute approximate surface area is 136 Å². The van der Waals surface area contributed by atoms with E-state index in [0.717, 1.165) is 5.56 Å². The molecule has 3 aromatic rings. The lowest BCUT2D eigenvalue weighted by atomic mass is 9.97. The molecule has 3 rings (SSSR count). The number of anilines is 1. The topological polar surface area (TPSA) is 116 Å². The zero-order valence-corrected chi connectivity index (χ0v) is 12.5. The van der Waals surface area contributed by atoms with E-state index in [4.69, 9.17) is 23.3 Å². The van der Waals surface area contributed by atoms with Crippen LogP contribution in [0.15, 0.2) is 42.5 Å². The molecule has 23 heavy (non-hydrogen) atoms. The van der Waals surface area contributed by atoms with E-state index >= 15 is 0 Å². The maximum absolute atomic E-state index is 12.0. The number of hydrazine groups is 1. The maximum Gasteiger partial charge on any atom is 0.357 e. The summed E-state index contributed by atoms with van der Waals surface area (Å²) in [4.78, 5) is 25.0. The largest absolute Gasteiger partial charge is 0.370 e. The molecule has 0 saturated carbocycles. The number of carbonyl (C=O) groups excluding carboxylic acids is 1. The Morgan fingerprint density at radius 2 is 1.87 bits per heavy atom. The van der Waals surface area contributed by atoms with Crippen molar-refractivity contribution in [2.75, 3.05) is 5.43 Å². The highest BCUT2D eigenvalue weighted by Crippen LogP contribution is 2.33. The second kappa shape index (κ2) is 6.17. The molecular weight excluding hydrogens is 318 g/mol. The minimum atomic E-state index is -0.676. The number of fused-ring (bicyclic) bond motifs is 1. The predicted molar refractivity (Wildman–Crippen MR) is 87.4 cm³/mol. The molecule has 0 atom stereocenters. The molecular formula is C15H12ClN5O2. The molecule has 0 aliphatic rings. The summed E-state index contributed by atoms with van der Waals surface area (Å²) in [7, 11) is 0. The third-order valence-electron chi connectivity index (χ3n) is 3.32. The summed E-state index contributed by atoms with van der Waals surface area (Å²) in [6, 6.07) is 12.4. The van der Waals surface area contributed by atoms with Crippen LogP contribution in [-0.2, 0) is 4.84 Å². The second-order valence-electron chi connectivity index (χ2n) is 4.63. The summed E-state index contributed by atoms with van der Waals surface area (Å²) in [6.45, 7) is 0. The number of aromatic nitrogens is 2. The standard InChI is InChI=1S/C15H12ClN5O2/c16-13-14(21-17)19-10-7-6-9(15(22)23-18)11(12(10)20-13)8-4-2-1-3-5-8/h1-7H,17-18H2,(H,19,21). The first kappa shape index (κ1) is 15.2. The number of benzene rings is 2. The first-order valence-corrected chi connectivity index (χ1v) is 6.97. The fraction of sp³-hybridized carbons (Fsp3) is 0. The van der Waals surface area contributed by atoms with Crippen LogP contribution >= 0.6 is 11.6 Å². The van der Waals surface area contributed by atoms with Crippen LogP contribution in [0.4, 0.5) is 5.82 Å². The molecule has 0 radical (unpaired) electrons. The van der Waals surface area contributed by atoms with Gasteiger partial charge in [0.05, 0.1) is 16.6 Å². The van der Waals surface area contributed by atoms with Gasteiger partial charge in [0, 0.05) is 5.56 Å². The van der Waals surface area contributed by atoms with Gasteiger partial charge in [-0.2, -0.15) is 5.90 Å². The molecule has 1 aromatic heterocycles. The molecule has 0 unspecified atom stereocenters. The number of nitrogens with zero attached hydrogens (tertiary/aromatic N) is 2. The van der Waals surface area contributed by atoms with E-state index in [0.29, 0.717) is 16.6 Å².